The smallest absolute Gasteiger partial charge is 0.270 e. The molecule has 1 aliphatic rings. The van der Waals surface area contributed by atoms with Crippen molar-refractivity contribution in [3.63, 3.8) is 0 Å². The number of rotatable bonds is 5. The Morgan fingerprint density at radius 1 is 1.29 bits per heavy atom. The molecule has 0 radical (unpaired) electrons. The lowest BCUT2D eigenvalue weighted by atomic mass is 10.2. The summed E-state index contributed by atoms with van der Waals surface area (Å²) in [7, 11) is 0. The highest BCUT2D eigenvalue weighted by Crippen LogP contribution is 2.37. The summed E-state index contributed by atoms with van der Waals surface area (Å²) in [4.78, 5) is 25.9. The van der Waals surface area contributed by atoms with Crippen molar-refractivity contribution in [1.82, 2.24) is 0 Å². The highest BCUT2D eigenvalue weighted by Gasteiger charge is 2.33. The van der Waals surface area contributed by atoms with Crippen molar-refractivity contribution in [2.24, 2.45) is 0 Å². The van der Waals surface area contributed by atoms with E-state index in [1.165, 1.54) is 29.7 Å². The zero-order chi connectivity index (χ0) is 20.3. The molecule has 0 unspecified atom stereocenters. The van der Waals surface area contributed by atoms with Gasteiger partial charge in [-0.1, -0.05) is 30.0 Å². The number of hydrogen-bond acceptors (Lipinski definition) is 6. The summed E-state index contributed by atoms with van der Waals surface area (Å²) in [5.74, 6) is 0.0148. The molecule has 3 rings (SSSR count). The van der Waals surface area contributed by atoms with E-state index in [9.17, 15) is 14.7 Å². The third-order valence-corrected chi connectivity index (χ3v) is 5.12. The molecule has 28 heavy (non-hydrogen) atoms. The van der Waals surface area contributed by atoms with Crippen molar-refractivity contribution < 1.29 is 19.4 Å². The first-order valence-corrected chi connectivity index (χ1v) is 9.73. The molecule has 144 valence electrons. The fourth-order valence-electron chi connectivity index (χ4n) is 2.63. The Balaban J connectivity index is 1.84. The third kappa shape index (κ3) is 4.35. The Labute approximate surface area is 172 Å². The number of carbonyl (C=O) groups is 2. The quantitative estimate of drug-likeness (QED) is 0.565. The normalized spacial score (nSPS) is 15.2. The van der Waals surface area contributed by atoms with Crippen LogP contribution in [0.2, 0.25) is 0 Å². The molecule has 8 heteroatoms. The zero-order valence-electron chi connectivity index (χ0n) is 15.3. The van der Waals surface area contributed by atoms with Crippen molar-refractivity contribution in [3.8, 4) is 11.5 Å². The van der Waals surface area contributed by atoms with Gasteiger partial charge >= 0.3 is 0 Å². The number of aromatic hydroxyl groups is 1. The number of phenolic OH excluding ortho intramolecular Hbond substituents is 1. The molecule has 0 atom stereocenters. The van der Waals surface area contributed by atoms with E-state index in [1.54, 1.807) is 42.5 Å². The summed E-state index contributed by atoms with van der Waals surface area (Å²) in [5, 5.41) is 12.5. The van der Waals surface area contributed by atoms with Crippen molar-refractivity contribution >= 4 is 57.6 Å². The summed E-state index contributed by atoms with van der Waals surface area (Å²) >= 11 is 6.58. The molecule has 2 N–H and O–H groups in total. The minimum atomic E-state index is -0.228. The van der Waals surface area contributed by atoms with E-state index in [0.29, 0.717) is 33.0 Å². The van der Waals surface area contributed by atoms with E-state index in [-0.39, 0.29) is 17.6 Å². The maximum atomic E-state index is 12.9. The summed E-state index contributed by atoms with van der Waals surface area (Å²) in [5.41, 5.74) is 1.99. The second kappa shape index (κ2) is 8.45. The lowest BCUT2D eigenvalue weighted by Crippen LogP contribution is -2.27. The molecule has 2 amide bonds. The predicted octanol–water partition coefficient (Wildman–Crippen LogP) is 4.16. The largest absolute Gasteiger partial charge is 0.504 e. The molecular formula is C20H18N2O4S2. The van der Waals surface area contributed by atoms with Gasteiger partial charge in [-0.2, -0.15) is 0 Å². The van der Waals surface area contributed by atoms with Crippen LogP contribution in [-0.2, 0) is 9.59 Å². The first kappa shape index (κ1) is 19.9. The van der Waals surface area contributed by atoms with Gasteiger partial charge in [0.25, 0.3) is 5.91 Å². The van der Waals surface area contributed by atoms with Crippen LogP contribution in [0.25, 0.3) is 6.08 Å². The summed E-state index contributed by atoms with van der Waals surface area (Å²) in [6.45, 7) is 3.68. The molecule has 2 aromatic carbocycles. The molecule has 0 saturated carbocycles. The Kier molecular flexibility index (Phi) is 6.01. The highest BCUT2D eigenvalue weighted by molar-refractivity contribution is 8.27. The van der Waals surface area contributed by atoms with Crippen molar-refractivity contribution in [2.45, 2.75) is 13.8 Å². The number of thiocarbonyl (C=S) groups is 1. The maximum absolute atomic E-state index is 12.9. The average molecular weight is 415 g/mol. The van der Waals surface area contributed by atoms with Crippen molar-refractivity contribution in [2.75, 3.05) is 16.8 Å². The monoisotopic (exact) mass is 414 g/mol. The van der Waals surface area contributed by atoms with Gasteiger partial charge in [-0.3, -0.25) is 14.5 Å². The van der Waals surface area contributed by atoms with Crippen LogP contribution in [-0.4, -0.2) is 27.8 Å². The standard InChI is InChI=1S/C20H18N2O4S2/c1-3-26-17-10-13(4-9-16(17)24)11-18-19(25)22(20(27)28-18)15-7-5-14(6-8-15)21-12(2)23/h4-11,24H,3H2,1-2H3,(H,21,23)/b18-11+. The first-order valence-electron chi connectivity index (χ1n) is 8.50. The van der Waals surface area contributed by atoms with E-state index >= 15 is 0 Å². The lowest BCUT2D eigenvalue weighted by Gasteiger charge is -2.15. The number of benzene rings is 2. The summed E-state index contributed by atoms with van der Waals surface area (Å²) in [6, 6.07) is 11.8. The first-order chi connectivity index (χ1) is 13.4. The van der Waals surface area contributed by atoms with Gasteiger partial charge in [0.2, 0.25) is 5.91 Å². The van der Waals surface area contributed by atoms with E-state index in [0.717, 1.165) is 5.56 Å². The van der Waals surface area contributed by atoms with Gasteiger partial charge in [0.05, 0.1) is 17.2 Å². The van der Waals surface area contributed by atoms with Gasteiger partial charge in [0, 0.05) is 12.6 Å². The second-order valence-corrected chi connectivity index (χ2v) is 7.58. The van der Waals surface area contributed by atoms with Gasteiger partial charge in [0.1, 0.15) is 0 Å². The van der Waals surface area contributed by atoms with E-state index in [1.807, 2.05) is 6.92 Å². The maximum Gasteiger partial charge on any atom is 0.270 e. The number of carbonyl (C=O) groups excluding carboxylic acids is 2. The van der Waals surface area contributed by atoms with Crippen LogP contribution in [0.3, 0.4) is 0 Å². The van der Waals surface area contributed by atoms with Gasteiger partial charge < -0.3 is 15.2 Å². The number of anilines is 2. The number of nitrogens with one attached hydrogen (secondary N) is 1. The lowest BCUT2D eigenvalue weighted by molar-refractivity contribution is -0.114. The topological polar surface area (TPSA) is 78.9 Å². The molecular weight excluding hydrogens is 396 g/mol. The Morgan fingerprint density at radius 2 is 2.00 bits per heavy atom. The minimum Gasteiger partial charge on any atom is -0.504 e. The second-order valence-electron chi connectivity index (χ2n) is 5.91. The SMILES string of the molecule is CCOc1cc(/C=C2/SC(=S)N(c3ccc(NC(C)=O)cc3)C2=O)ccc1O. The van der Waals surface area contributed by atoms with Gasteiger partial charge in [-0.05, 0) is 55.0 Å². The van der Waals surface area contributed by atoms with E-state index < -0.39 is 0 Å². The number of hydrogen-bond donors (Lipinski definition) is 2. The Bertz CT molecular complexity index is 971. The number of amides is 2. The molecule has 0 bridgehead atoms. The Morgan fingerprint density at radius 3 is 2.64 bits per heavy atom. The number of thioether (sulfide) groups is 1. The average Bonchev–Trinajstić information content (AvgIpc) is 2.92. The van der Waals surface area contributed by atoms with Crippen LogP contribution < -0.4 is 15.0 Å². The van der Waals surface area contributed by atoms with Gasteiger partial charge in [-0.15, -0.1) is 0 Å². The molecule has 0 aromatic heterocycles. The predicted molar refractivity (Wildman–Crippen MR) is 116 cm³/mol. The molecule has 1 saturated heterocycles. The molecule has 2 aromatic rings. The summed E-state index contributed by atoms with van der Waals surface area (Å²) in [6.07, 6.45) is 1.72. The number of phenols is 1. The number of ether oxygens (including phenoxy) is 1. The van der Waals surface area contributed by atoms with Crippen LogP contribution >= 0.6 is 24.0 Å². The fraction of sp³-hybridized carbons (Fsp3) is 0.150. The number of nitrogens with zero attached hydrogens (tertiary/aromatic N) is 1. The van der Waals surface area contributed by atoms with Crippen LogP contribution in [0.15, 0.2) is 47.4 Å². The minimum absolute atomic E-state index is 0.0470. The van der Waals surface area contributed by atoms with Crippen LogP contribution in [0.5, 0.6) is 11.5 Å². The zero-order valence-corrected chi connectivity index (χ0v) is 16.9. The fourth-order valence-corrected chi connectivity index (χ4v) is 3.93. The molecule has 1 heterocycles. The van der Waals surface area contributed by atoms with E-state index in [2.05, 4.69) is 5.32 Å². The molecule has 1 aliphatic heterocycles. The van der Waals surface area contributed by atoms with E-state index in [4.69, 9.17) is 17.0 Å². The van der Waals surface area contributed by atoms with Gasteiger partial charge in [-0.25, -0.2) is 0 Å². The molecule has 1 fully saturated rings. The molecule has 6 nitrogen and oxygen atoms in total. The summed E-state index contributed by atoms with van der Waals surface area (Å²) < 4.78 is 5.81. The third-order valence-electron chi connectivity index (χ3n) is 3.82. The molecule has 0 spiro atoms. The van der Waals surface area contributed by atoms with Crippen molar-refractivity contribution in [1.29, 1.82) is 0 Å². The highest BCUT2D eigenvalue weighted by atomic mass is 32.2. The van der Waals surface area contributed by atoms with Crippen LogP contribution in [0.1, 0.15) is 19.4 Å². The van der Waals surface area contributed by atoms with Crippen LogP contribution in [0, 0.1) is 0 Å². The van der Waals surface area contributed by atoms with Crippen LogP contribution in [0.4, 0.5) is 11.4 Å². The Hall–Kier alpha value is -2.84. The van der Waals surface area contributed by atoms with Gasteiger partial charge in [0.15, 0.2) is 15.8 Å². The van der Waals surface area contributed by atoms with Crippen molar-refractivity contribution in [3.05, 3.63) is 52.9 Å². The molecule has 0 aliphatic carbocycles.